The molecular formula is C26H31N5O5. The fraction of sp³-hybridized carbons (Fsp3) is 0.538. The Morgan fingerprint density at radius 1 is 1.03 bits per heavy atom. The number of carbonyl (C=O) groups is 2. The van der Waals surface area contributed by atoms with Crippen LogP contribution in [0.1, 0.15) is 54.4 Å². The maximum absolute atomic E-state index is 13.0. The molecule has 4 heterocycles. The molecule has 1 aliphatic carbocycles. The normalized spacial score (nSPS) is 28.9. The van der Waals surface area contributed by atoms with E-state index < -0.39 is 12.3 Å². The van der Waals surface area contributed by atoms with Gasteiger partial charge in [0.1, 0.15) is 24.2 Å². The van der Waals surface area contributed by atoms with Crippen molar-refractivity contribution in [3.63, 3.8) is 0 Å². The van der Waals surface area contributed by atoms with E-state index in [1.807, 2.05) is 30.3 Å². The third-order valence-electron chi connectivity index (χ3n) is 7.79. The molecule has 4 aliphatic rings. The lowest BCUT2D eigenvalue weighted by atomic mass is 9.89. The number of fused-ring (bicyclic) bond motifs is 1. The van der Waals surface area contributed by atoms with Crippen LogP contribution >= 0.6 is 0 Å². The molecule has 2 unspecified atom stereocenters. The van der Waals surface area contributed by atoms with Crippen molar-refractivity contribution in [1.29, 1.82) is 0 Å². The second-order valence-corrected chi connectivity index (χ2v) is 10.1. The van der Waals surface area contributed by atoms with Gasteiger partial charge >= 0.3 is 0 Å². The van der Waals surface area contributed by atoms with Gasteiger partial charge in [-0.25, -0.2) is 0 Å². The summed E-state index contributed by atoms with van der Waals surface area (Å²) in [7, 11) is 0. The van der Waals surface area contributed by atoms with Gasteiger partial charge in [0.25, 0.3) is 5.91 Å². The number of nitrogens with one attached hydrogen (secondary N) is 1. The monoisotopic (exact) mass is 493 g/mol. The first-order valence-electron chi connectivity index (χ1n) is 12.8. The van der Waals surface area contributed by atoms with Crippen molar-refractivity contribution in [3.05, 3.63) is 47.7 Å². The Balaban J connectivity index is 1.09. The van der Waals surface area contributed by atoms with Crippen LogP contribution in [0.4, 0.5) is 0 Å². The zero-order valence-corrected chi connectivity index (χ0v) is 20.1. The molecule has 0 spiro atoms. The smallest absolute Gasteiger partial charge is 0.254 e. The predicted octanol–water partition coefficient (Wildman–Crippen LogP) is 1.48. The largest absolute Gasteiger partial charge is 0.489 e. The van der Waals surface area contributed by atoms with Crippen LogP contribution < -0.4 is 14.8 Å². The Hall–Kier alpha value is -3.24. The van der Waals surface area contributed by atoms with Crippen LogP contribution in [0.2, 0.25) is 0 Å². The van der Waals surface area contributed by atoms with E-state index in [1.54, 1.807) is 11.1 Å². The second-order valence-electron chi connectivity index (χ2n) is 10.1. The number of aliphatic hydroxyl groups excluding tert-OH is 1. The molecule has 2 N–H and O–H groups in total. The quantitative estimate of drug-likeness (QED) is 0.622. The van der Waals surface area contributed by atoms with Gasteiger partial charge in [0.15, 0.2) is 0 Å². The highest BCUT2D eigenvalue weighted by molar-refractivity contribution is 5.99. The van der Waals surface area contributed by atoms with Crippen LogP contribution in [0.5, 0.6) is 11.6 Å². The molecule has 1 saturated carbocycles. The Morgan fingerprint density at radius 3 is 2.69 bits per heavy atom. The number of amides is 2. The number of aliphatic hydroxyl groups is 1. The van der Waals surface area contributed by atoms with Crippen LogP contribution in [0, 0.1) is 0 Å². The van der Waals surface area contributed by atoms with Crippen molar-refractivity contribution < 1.29 is 24.2 Å². The lowest BCUT2D eigenvalue weighted by molar-refractivity contribution is -0.129. The number of ether oxygens (including phenoxy) is 2. The van der Waals surface area contributed by atoms with Crippen LogP contribution in [-0.4, -0.2) is 80.5 Å². The van der Waals surface area contributed by atoms with E-state index in [0.717, 1.165) is 43.7 Å². The van der Waals surface area contributed by atoms with Crippen LogP contribution in [-0.2, 0) is 11.3 Å². The van der Waals surface area contributed by atoms with Gasteiger partial charge in [-0.2, -0.15) is 5.10 Å². The van der Waals surface area contributed by atoms with Gasteiger partial charge in [0.2, 0.25) is 11.8 Å². The van der Waals surface area contributed by atoms with E-state index >= 15 is 0 Å². The highest BCUT2D eigenvalue weighted by atomic mass is 16.5. The number of hydrogen-bond donors (Lipinski definition) is 2. The summed E-state index contributed by atoms with van der Waals surface area (Å²) < 4.78 is 12.4. The van der Waals surface area contributed by atoms with Gasteiger partial charge in [-0.3, -0.25) is 14.5 Å². The predicted molar refractivity (Wildman–Crippen MR) is 128 cm³/mol. The minimum atomic E-state index is -1.04. The SMILES string of the molecule is O=C1CCC(N2Cc3cc(O[C@H]4CCCC[C@@H]4N4CC(Oc5cccnn5)C4)ccc3C2=O)C(O)N1. The summed E-state index contributed by atoms with van der Waals surface area (Å²) in [5.74, 6) is 1.03. The summed E-state index contributed by atoms with van der Waals surface area (Å²) in [5, 5.41) is 20.7. The Kier molecular flexibility index (Phi) is 6.22. The molecule has 10 heteroatoms. The van der Waals surface area contributed by atoms with Gasteiger partial charge in [-0.15, -0.1) is 5.10 Å². The Morgan fingerprint density at radius 2 is 1.89 bits per heavy atom. The molecule has 0 bridgehead atoms. The molecular weight excluding hydrogens is 462 g/mol. The summed E-state index contributed by atoms with van der Waals surface area (Å²) in [5.41, 5.74) is 1.54. The molecule has 2 amide bonds. The highest BCUT2D eigenvalue weighted by Crippen LogP contribution is 2.34. The molecule has 2 aromatic rings. The molecule has 0 radical (unpaired) electrons. The number of aromatic nitrogens is 2. The molecule has 6 rings (SSSR count). The minimum absolute atomic E-state index is 0.0813. The number of rotatable bonds is 6. The first kappa shape index (κ1) is 23.2. The maximum atomic E-state index is 13.0. The maximum Gasteiger partial charge on any atom is 0.254 e. The van der Waals surface area contributed by atoms with Crippen molar-refractivity contribution >= 4 is 11.8 Å². The molecule has 2 saturated heterocycles. The minimum Gasteiger partial charge on any atom is -0.489 e. The van der Waals surface area contributed by atoms with Crippen molar-refractivity contribution in [3.8, 4) is 11.6 Å². The summed E-state index contributed by atoms with van der Waals surface area (Å²) in [6.45, 7) is 2.09. The fourth-order valence-electron chi connectivity index (χ4n) is 5.90. The van der Waals surface area contributed by atoms with E-state index in [0.29, 0.717) is 36.9 Å². The van der Waals surface area contributed by atoms with E-state index in [9.17, 15) is 14.7 Å². The number of nitrogens with zero attached hydrogens (tertiary/aromatic N) is 4. The zero-order chi connectivity index (χ0) is 24.6. The summed E-state index contributed by atoms with van der Waals surface area (Å²) >= 11 is 0. The Bertz CT molecular complexity index is 1120. The standard InChI is InChI=1S/C26H31N5O5/c32-23-10-9-21(25(33)28-23)31-13-16-12-17(7-8-19(16)26(31)34)35-22-5-2-1-4-20(22)30-14-18(15-30)36-24-6-3-11-27-29-24/h3,6-8,11-12,18,20-22,25,33H,1-2,4-5,9-10,13-15H2,(H,28,32)/t20-,21?,22-,25?/m0/s1. The average Bonchev–Trinajstić information content (AvgIpc) is 3.18. The molecule has 4 atom stereocenters. The summed E-state index contributed by atoms with van der Waals surface area (Å²) in [6.07, 6.45) is 5.95. The van der Waals surface area contributed by atoms with Crippen molar-refractivity contribution in [2.24, 2.45) is 0 Å². The first-order valence-corrected chi connectivity index (χ1v) is 12.8. The summed E-state index contributed by atoms with van der Waals surface area (Å²) in [6, 6.07) is 9.22. The van der Waals surface area contributed by atoms with E-state index in [-0.39, 0.29) is 24.0 Å². The van der Waals surface area contributed by atoms with Gasteiger partial charge in [0, 0.05) is 49.9 Å². The van der Waals surface area contributed by atoms with Crippen molar-refractivity contribution in [2.45, 2.75) is 75.6 Å². The highest BCUT2D eigenvalue weighted by Gasteiger charge is 2.41. The van der Waals surface area contributed by atoms with Crippen LogP contribution in [0.25, 0.3) is 0 Å². The third kappa shape index (κ3) is 4.51. The van der Waals surface area contributed by atoms with E-state index in [1.165, 1.54) is 6.42 Å². The number of hydrogen-bond acceptors (Lipinski definition) is 8. The van der Waals surface area contributed by atoms with E-state index in [2.05, 4.69) is 20.4 Å². The van der Waals surface area contributed by atoms with Crippen molar-refractivity contribution in [2.75, 3.05) is 13.1 Å². The molecule has 190 valence electrons. The molecule has 1 aromatic heterocycles. The van der Waals surface area contributed by atoms with Crippen LogP contribution in [0.3, 0.4) is 0 Å². The summed E-state index contributed by atoms with van der Waals surface area (Å²) in [4.78, 5) is 28.7. The van der Waals surface area contributed by atoms with Gasteiger partial charge < -0.3 is 24.8 Å². The van der Waals surface area contributed by atoms with Crippen molar-refractivity contribution in [1.82, 2.24) is 25.3 Å². The Labute approximate surface area is 209 Å². The zero-order valence-electron chi connectivity index (χ0n) is 20.1. The lowest BCUT2D eigenvalue weighted by Crippen LogP contribution is -2.62. The number of benzene rings is 1. The second kappa shape index (κ2) is 9.67. The molecule has 10 nitrogen and oxygen atoms in total. The lowest BCUT2D eigenvalue weighted by Gasteiger charge is -2.47. The van der Waals surface area contributed by atoms with Gasteiger partial charge in [0.05, 0.1) is 6.04 Å². The van der Waals surface area contributed by atoms with Crippen LogP contribution in [0.15, 0.2) is 36.5 Å². The molecule has 1 aromatic carbocycles. The van der Waals surface area contributed by atoms with E-state index in [4.69, 9.17) is 9.47 Å². The third-order valence-corrected chi connectivity index (χ3v) is 7.79. The average molecular weight is 494 g/mol. The number of likely N-dealkylation sites (tertiary alicyclic amines) is 1. The topological polar surface area (TPSA) is 117 Å². The molecule has 3 aliphatic heterocycles. The molecule has 3 fully saturated rings. The molecule has 36 heavy (non-hydrogen) atoms. The first-order chi connectivity index (χ1) is 17.5. The number of carbonyl (C=O) groups excluding carboxylic acids is 2. The number of piperidine rings is 1. The van der Waals surface area contributed by atoms with Gasteiger partial charge in [-0.1, -0.05) is 6.42 Å². The van der Waals surface area contributed by atoms with Gasteiger partial charge in [-0.05, 0) is 55.5 Å². The fourth-order valence-corrected chi connectivity index (χ4v) is 5.90.